The molecule has 0 bridgehead atoms. The van der Waals surface area contributed by atoms with Gasteiger partial charge in [-0.1, -0.05) is 46.3 Å². The zero-order valence-electron chi connectivity index (χ0n) is 15.8. The summed E-state index contributed by atoms with van der Waals surface area (Å²) >= 11 is 5.12. The highest BCUT2D eigenvalue weighted by Gasteiger charge is 2.27. The van der Waals surface area contributed by atoms with E-state index >= 15 is 0 Å². The lowest BCUT2D eigenvalue weighted by Crippen LogP contribution is -2.49. The van der Waals surface area contributed by atoms with E-state index in [-0.39, 0.29) is 22.1 Å². The monoisotopic (exact) mass is 493 g/mol. The summed E-state index contributed by atoms with van der Waals surface area (Å²) < 4.78 is 26.9. The molecule has 3 aromatic rings. The molecule has 0 radical (unpaired) electrons. The molecule has 0 saturated carbocycles. The minimum atomic E-state index is -3.45. The van der Waals surface area contributed by atoms with Crippen molar-refractivity contribution in [3.8, 4) is 0 Å². The molecule has 152 valence electrons. The number of fused-ring (bicyclic) bond motifs is 1. The van der Waals surface area contributed by atoms with Crippen LogP contribution in [0.25, 0.3) is 10.2 Å². The molecule has 1 aliphatic heterocycles. The number of carbonyl (C=O) groups excluding carboxylic acids is 1. The number of hydrogen-bond acceptors (Lipinski definition) is 6. The van der Waals surface area contributed by atoms with Crippen LogP contribution in [0.15, 0.2) is 51.8 Å². The third-order valence-electron chi connectivity index (χ3n) is 5.01. The van der Waals surface area contributed by atoms with Crippen LogP contribution in [0.4, 0.5) is 5.13 Å². The number of thiazole rings is 1. The van der Waals surface area contributed by atoms with Gasteiger partial charge in [-0.2, -0.15) is 0 Å². The molecule has 2 aromatic carbocycles. The van der Waals surface area contributed by atoms with Crippen LogP contribution < -0.4 is 4.90 Å². The molecule has 2 heterocycles. The summed E-state index contributed by atoms with van der Waals surface area (Å²) in [6, 6.07) is 12.5. The van der Waals surface area contributed by atoms with Gasteiger partial charge in [0, 0.05) is 30.7 Å². The Morgan fingerprint density at radius 3 is 2.59 bits per heavy atom. The molecule has 0 N–H and O–H groups in total. The Labute approximate surface area is 182 Å². The normalized spacial score (nSPS) is 15.1. The summed E-state index contributed by atoms with van der Waals surface area (Å²) in [4.78, 5) is 21.8. The zero-order valence-corrected chi connectivity index (χ0v) is 19.1. The minimum Gasteiger partial charge on any atom is -0.345 e. The van der Waals surface area contributed by atoms with E-state index < -0.39 is 9.84 Å². The Hall–Kier alpha value is -1.97. The van der Waals surface area contributed by atoms with Gasteiger partial charge in [-0.05, 0) is 30.3 Å². The van der Waals surface area contributed by atoms with Crippen LogP contribution in [0, 0.1) is 0 Å². The van der Waals surface area contributed by atoms with E-state index in [0.29, 0.717) is 26.2 Å². The van der Waals surface area contributed by atoms with E-state index in [1.165, 1.54) is 6.07 Å². The van der Waals surface area contributed by atoms with Gasteiger partial charge in [0.05, 0.1) is 26.4 Å². The Morgan fingerprint density at radius 1 is 1.14 bits per heavy atom. The van der Waals surface area contributed by atoms with Crippen LogP contribution in [-0.4, -0.2) is 56.1 Å². The van der Waals surface area contributed by atoms with Crippen molar-refractivity contribution in [1.29, 1.82) is 0 Å². The zero-order chi connectivity index (χ0) is 20.6. The Kier molecular flexibility index (Phi) is 5.63. The molecule has 0 spiro atoms. The van der Waals surface area contributed by atoms with Crippen LogP contribution in [-0.2, 0) is 9.84 Å². The van der Waals surface area contributed by atoms with Gasteiger partial charge in [-0.25, -0.2) is 13.4 Å². The van der Waals surface area contributed by atoms with Crippen LogP contribution in [0.2, 0.25) is 0 Å². The molecule has 1 fully saturated rings. The third kappa shape index (κ3) is 4.04. The first-order chi connectivity index (χ1) is 13.9. The second kappa shape index (κ2) is 8.04. The first-order valence-corrected chi connectivity index (χ1v) is 12.6. The van der Waals surface area contributed by atoms with Crippen molar-refractivity contribution in [2.24, 2.45) is 0 Å². The van der Waals surface area contributed by atoms with Crippen molar-refractivity contribution in [1.82, 2.24) is 9.88 Å². The fourth-order valence-electron chi connectivity index (χ4n) is 3.36. The molecule has 1 aromatic heterocycles. The van der Waals surface area contributed by atoms with Crippen molar-refractivity contribution >= 4 is 58.4 Å². The number of sulfone groups is 1. The standard InChI is InChI=1S/C20H20BrN3O3S2/c1-2-29(26,27)18-6-4-3-5-15(18)19(25)23-9-11-24(12-10-23)20-22-16-8-7-14(21)13-17(16)28-20/h3-8,13H,2,9-12H2,1H3. The molecule has 1 aliphatic rings. The molecule has 4 rings (SSSR count). The van der Waals surface area contributed by atoms with Crippen molar-refractivity contribution < 1.29 is 13.2 Å². The molecule has 6 nitrogen and oxygen atoms in total. The van der Waals surface area contributed by atoms with E-state index in [1.54, 1.807) is 41.4 Å². The number of hydrogen-bond donors (Lipinski definition) is 0. The van der Waals surface area contributed by atoms with Gasteiger partial charge >= 0.3 is 0 Å². The van der Waals surface area contributed by atoms with Crippen molar-refractivity contribution in [3.05, 3.63) is 52.5 Å². The van der Waals surface area contributed by atoms with E-state index in [1.807, 2.05) is 12.1 Å². The summed E-state index contributed by atoms with van der Waals surface area (Å²) in [5.74, 6) is -0.260. The van der Waals surface area contributed by atoms with Gasteiger partial charge in [0.1, 0.15) is 0 Å². The first kappa shape index (κ1) is 20.3. The topological polar surface area (TPSA) is 70.6 Å². The largest absolute Gasteiger partial charge is 0.345 e. The molecular weight excluding hydrogens is 474 g/mol. The number of aromatic nitrogens is 1. The molecular formula is C20H20BrN3O3S2. The Bertz CT molecular complexity index is 1170. The molecule has 0 unspecified atom stereocenters. The highest BCUT2D eigenvalue weighted by atomic mass is 79.9. The lowest BCUT2D eigenvalue weighted by atomic mass is 10.2. The summed E-state index contributed by atoms with van der Waals surface area (Å²) in [5, 5.41) is 0.944. The number of carbonyl (C=O) groups is 1. The molecule has 0 aliphatic carbocycles. The van der Waals surface area contributed by atoms with Crippen LogP contribution >= 0.6 is 27.3 Å². The molecule has 29 heavy (non-hydrogen) atoms. The fourth-order valence-corrected chi connectivity index (χ4v) is 6.02. The number of rotatable bonds is 4. The summed E-state index contributed by atoms with van der Waals surface area (Å²) in [6.07, 6.45) is 0. The number of benzene rings is 2. The summed E-state index contributed by atoms with van der Waals surface area (Å²) in [7, 11) is -3.45. The number of halogens is 1. The van der Waals surface area contributed by atoms with Crippen LogP contribution in [0.5, 0.6) is 0 Å². The minimum absolute atomic E-state index is 0.0290. The number of amides is 1. The summed E-state index contributed by atoms with van der Waals surface area (Å²) in [5.41, 5.74) is 1.22. The maximum atomic E-state index is 13.0. The molecule has 1 amide bonds. The van der Waals surface area contributed by atoms with E-state index in [0.717, 1.165) is 19.8 Å². The van der Waals surface area contributed by atoms with Gasteiger partial charge in [-0.3, -0.25) is 4.79 Å². The molecule has 0 atom stereocenters. The number of anilines is 1. The summed E-state index contributed by atoms with van der Waals surface area (Å²) in [6.45, 7) is 3.97. The van der Waals surface area contributed by atoms with E-state index in [9.17, 15) is 13.2 Å². The molecule has 9 heteroatoms. The molecule has 1 saturated heterocycles. The predicted molar refractivity (Wildman–Crippen MR) is 120 cm³/mol. The first-order valence-electron chi connectivity index (χ1n) is 9.31. The number of nitrogens with zero attached hydrogens (tertiary/aromatic N) is 3. The van der Waals surface area contributed by atoms with Crippen molar-refractivity contribution in [2.75, 3.05) is 36.8 Å². The quantitative estimate of drug-likeness (QED) is 0.552. The van der Waals surface area contributed by atoms with E-state index in [4.69, 9.17) is 4.98 Å². The van der Waals surface area contributed by atoms with Crippen molar-refractivity contribution in [3.63, 3.8) is 0 Å². The van der Waals surface area contributed by atoms with Crippen LogP contribution in [0.3, 0.4) is 0 Å². The van der Waals surface area contributed by atoms with Gasteiger partial charge in [0.2, 0.25) is 0 Å². The maximum Gasteiger partial charge on any atom is 0.255 e. The highest BCUT2D eigenvalue weighted by molar-refractivity contribution is 9.10. The lowest BCUT2D eigenvalue weighted by molar-refractivity contribution is 0.0743. The Balaban J connectivity index is 1.50. The lowest BCUT2D eigenvalue weighted by Gasteiger charge is -2.34. The van der Waals surface area contributed by atoms with Gasteiger partial charge in [0.25, 0.3) is 5.91 Å². The average molecular weight is 494 g/mol. The third-order valence-corrected chi connectivity index (χ3v) is 8.37. The second-order valence-corrected chi connectivity index (χ2v) is 11.0. The second-order valence-electron chi connectivity index (χ2n) is 6.79. The maximum absolute atomic E-state index is 13.0. The van der Waals surface area contributed by atoms with Gasteiger partial charge in [-0.15, -0.1) is 0 Å². The average Bonchev–Trinajstić information content (AvgIpc) is 3.16. The SMILES string of the molecule is CCS(=O)(=O)c1ccccc1C(=O)N1CCN(c2nc3ccc(Br)cc3s2)CC1. The van der Waals surface area contributed by atoms with Crippen LogP contribution in [0.1, 0.15) is 17.3 Å². The Morgan fingerprint density at radius 2 is 1.86 bits per heavy atom. The highest BCUT2D eigenvalue weighted by Crippen LogP contribution is 2.31. The van der Waals surface area contributed by atoms with E-state index in [2.05, 4.69) is 26.9 Å². The smallest absolute Gasteiger partial charge is 0.255 e. The van der Waals surface area contributed by atoms with Gasteiger partial charge < -0.3 is 9.80 Å². The van der Waals surface area contributed by atoms with Gasteiger partial charge in [0.15, 0.2) is 15.0 Å². The fraction of sp³-hybridized carbons (Fsp3) is 0.300. The predicted octanol–water partition coefficient (Wildman–Crippen LogP) is 3.81. The number of piperazine rings is 1. The van der Waals surface area contributed by atoms with Crippen molar-refractivity contribution in [2.45, 2.75) is 11.8 Å².